The van der Waals surface area contributed by atoms with Gasteiger partial charge in [0.1, 0.15) is 0 Å². The number of nitrogens with one attached hydrogen (secondary N) is 1. The number of nitrogens with zero attached hydrogens (tertiary/aromatic N) is 2. The van der Waals surface area contributed by atoms with E-state index in [2.05, 4.69) is 5.32 Å². The molecular weight excluding hydrogens is 470 g/mol. The van der Waals surface area contributed by atoms with Crippen molar-refractivity contribution >= 4 is 50.5 Å². The molecule has 10 heteroatoms. The number of hydrogen-bond donors (Lipinski definition) is 1. The van der Waals surface area contributed by atoms with Gasteiger partial charge in [-0.2, -0.15) is 4.31 Å². The normalized spacial score (nSPS) is 14.8. The van der Waals surface area contributed by atoms with Crippen LogP contribution in [0.2, 0.25) is 5.02 Å². The summed E-state index contributed by atoms with van der Waals surface area (Å²) in [7, 11) is -3.68. The number of hydrogen-bond acceptors (Lipinski definition) is 5. The number of carbonyl (C=O) groups is 2. The Morgan fingerprint density at radius 3 is 2.38 bits per heavy atom. The first kappa shape index (κ1) is 22.5. The summed E-state index contributed by atoms with van der Waals surface area (Å²) in [6.45, 7) is 0.916. The summed E-state index contributed by atoms with van der Waals surface area (Å²) < 4.78 is 27.1. The molecule has 1 saturated heterocycles. The van der Waals surface area contributed by atoms with Crippen LogP contribution in [-0.4, -0.2) is 55.6 Å². The van der Waals surface area contributed by atoms with Crippen LogP contribution < -0.4 is 5.32 Å². The van der Waals surface area contributed by atoms with E-state index in [9.17, 15) is 18.0 Å². The molecule has 1 aliphatic heterocycles. The summed E-state index contributed by atoms with van der Waals surface area (Å²) in [6.07, 6.45) is 0. The molecule has 0 radical (unpaired) electrons. The highest BCUT2D eigenvalue weighted by Crippen LogP contribution is 2.22. The third-order valence-corrected chi connectivity index (χ3v) is 8.07. The van der Waals surface area contributed by atoms with Crippen LogP contribution in [0.3, 0.4) is 0 Å². The number of anilines is 1. The lowest BCUT2D eigenvalue weighted by Gasteiger charge is -2.34. The summed E-state index contributed by atoms with van der Waals surface area (Å²) >= 11 is 7.27. The Labute approximate surface area is 195 Å². The third-order valence-electron chi connectivity index (χ3n) is 5.07. The lowest BCUT2D eigenvalue weighted by atomic mass is 10.1. The van der Waals surface area contributed by atoms with Crippen molar-refractivity contribution in [3.63, 3.8) is 0 Å². The number of benzene rings is 2. The van der Waals surface area contributed by atoms with E-state index in [-0.39, 0.29) is 42.9 Å². The van der Waals surface area contributed by atoms with Crippen LogP contribution in [-0.2, 0) is 10.0 Å². The minimum Gasteiger partial charge on any atom is -0.336 e. The van der Waals surface area contributed by atoms with Gasteiger partial charge >= 0.3 is 0 Å². The van der Waals surface area contributed by atoms with Crippen LogP contribution in [0.15, 0.2) is 70.9 Å². The number of piperazine rings is 1. The van der Waals surface area contributed by atoms with Crippen molar-refractivity contribution in [2.24, 2.45) is 0 Å². The standard InChI is InChI=1S/C22H20ClN3O4S2/c23-17-5-2-7-19(15-17)32(29,30)26-11-9-25(10-12-26)22(28)16-4-1-6-18(14-16)24-21(27)20-8-3-13-31-20/h1-8,13-15H,9-12H2,(H,24,27). The predicted molar refractivity (Wildman–Crippen MR) is 125 cm³/mol. The summed E-state index contributed by atoms with van der Waals surface area (Å²) in [5, 5.41) is 4.97. The average Bonchev–Trinajstić information content (AvgIpc) is 3.34. The second-order valence-corrected chi connectivity index (χ2v) is 10.5. The number of sulfonamides is 1. The van der Waals surface area contributed by atoms with E-state index in [1.165, 1.54) is 27.8 Å². The number of thiophene rings is 1. The minimum absolute atomic E-state index is 0.138. The van der Waals surface area contributed by atoms with Crippen LogP contribution in [0.25, 0.3) is 0 Å². The van der Waals surface area contributed by atoms with E-state index >= 15 is 0 Å². The zero-order valence-corrected chi connectivity index (χ0v) is 19.3. The highest BCUT2D eigenvalue weighted by molar-refractivity contribution is 7.89. The van der Waals surface area contributed by atoms with Gasteiger partial charge in [0, 0.05) is 42.5 Å². The van der Waals surface area contributed by atoms with Gasteiger partial charge in [-0.25, -0.2) is 8.42 Å². The van der Waals surface area contributed by atoms with Gasteiger partial charge in [0.2, 0.25) is 10.0 Å². The first-order valence-electron chi connectivity index (χ1n) is 9.84. The molecule has 166 valence electrons. The van der Waals surface area contributed by atoms with Gasteiger partial charge in [-0.3, -0.25) is 9.59 Å². The summed E-state index contributed by atoms with van der Waals surface area (Å²) in [4.78, 5) is 27.6. The van der Waals surface area contributed by atoms with Gasteiger partial charge in [0.05, 0.1) is 9.77 Å². The molecule has 1 aliphatic rings. The van der Waals surface area contributed by atoms with E-state index in [0.29, 0.717) is 21.2 Å². The van der Waals surface area contributed by atoms with Gasteiger partial charge in [-0.05, 0) is 47.8 Å². The molecule has 0 aliphatic carbocycles. The molecule has 0 saturated carbocycles. The molecule has 2 aromatic carbocycles. The Balaban J connectivity index is 1.41. The zero-order valence-electron chi connectivity index (χ0n) is 16.9. The van der Waals surface area contributed by atoms with E-state index in [1.54, 1.807) is 53.4 Å². The fourth-order valence-corrected chi connectivity index (χ4v) is 5.76. The SMILES string of the molecule is O=C(Nc1cccc(C(=O)N2CCN(S(=O)(=O)c3cccc(Cl)c3)CC2)c1)c1cccs1. The summed E-state index contributed by atoms with van der Waals surface area (Å²) in [6, 6.07) is 16.4. The van der Waals surface area contributed by atoms with Crippen LogP contribution in [0.5, 0.6) is 0 Å². The maximum absolute atomic E-state index is 13.0. The molecular formula is C22H20ClN3O4S2. The Hall–Kier alpha value is -2.72. The third kappa shape index (κ3) is 4.86. The lowest BCUT2D eigenvalue weighted by molar-refractivity contribution is 0.0697. The molecule has 0 spiro atoms. The largest absolute Gasteiger partial charge is 0.336 e. The topological polar surface area (TPSA) is 86.8 Å². The van der Waals surface area contributed by atoms with Crippen molar-refractivity contribution < 1.29 is 18.0 Å². The quantitative estimate of drug-likeness (QED) is 0.590. The van der Waals surface area contributed by atoms with Gasteiger partial charge < -0.3 is 10.2 Å². The van der Waals surface area contributed by atoms with Crippen molar-refractivity contribution in [1.29, 1.82) is 0 Å². The fourth-order valence-electron chi connectivity index (χ4n) is 3.42. The smallest absolute Gasteiger partial charge is 0.265 e. The molecule has 2 amide bonds. The number of carbonyl (C=O) groups excluding carboxylic acids is 2. The highest BCUT2D eigenvalue weighted by Gasteiger charge is 2.30. The first-order valence-corrected chi connectivity index (χ1v) is 12.5. The zero-order chi connectivity index (χ0) is 22.7. The Bertz CT molecular complexity index is 1240. The summed E-state index contributed by atoms with van der Waals surface area (Å²) in [5.41, 5.74) is 0.955. The molecule has 0 unspecified atom stereocenters. The van der Waals surface area contributed by atoms with Gasteiger partial charge in [-0.1, -0.05) is 29.8 Å². The second kappa shape index (κ2) is 9.41. The maximum atomic E-state index is 13.0. The van der Waals surface area contributed by atoms with Crippen molar-refractivity contribution in [3.8, 4) is 0 Å². The van der Waals surface area contributed by atoms with Gasteiger partial charge in [-0.15, -0.1) is 11.3 Å². The lowest BCUT2D eigenvalue weighted by Crippen LogP contribution is -2.50. The van der Waals surface area contributed by atoms with Crippen molar-refractivity contribution in [2.75, 3.05) is 31.5 Å². The number of amides is 2. The van der Waals surface area contributed by atoms with Crippen molar-refractivity contribution in [3.05, 3.63) is 81.5 Å². The first-order chi connectivity index (χ1) is 15.3. The number of halogens is 1. The molecule has 0 bridgehead atoms. The van der Waals surface area contributed by atoms with Gasteiger partial charge in [0.15, 0.2) is 0 Å². The average molecular weight is 490 g/mol. The van der Waals surface area contributed by atoms with E-state index in [1.807, 2.05) is 5.38 Å². The molecule has 1 fully saturated rings. The molecule has 1 aromatic heterocycles. The van der Waals surface area contributed by atoms with E-state index in [0.717, 1.165) is 0 Å². The monoisotopic (exact) mass is 489 g/mol. The van der Waals surface area contributed by atoms with Crippen LogP contribution in [0.1, 0.15) is 20.0 Å². The second-order valence-electron chi connectivity index (χ2n) is 7.17. The van der Waals surface area contributed by atoms with Crippen molar-refractivity contribution in [2.45, 2.75) is 4.90 Å². The van der Waals surface area contributed by atoms with Crippen molar-refractivity contribution in [1.82, 2.24) is 9.21 Å². The Morgan fingerprint density at radius 1 is 0.938 bits per heavy atom. The summed E-state index contributed by atoms with van der Waals surface area (Å²) in [5.74, 6) is -0.443. The van der Waals surface area contributed by atoms with Crippen LogP contribution in [0.4, 0.5) is 5.69 Å². The molecule has 4 rings (SSSR count). The molecule has 32 heavy (non-hydrogen) atoms. The fraction of sp³-hybridized carbons (Fsp3) is 0.182. The molecule has 2 heterocycles. The molecule has 0 atom stereocenters. The minimum atomic E-state index is -3.68. The Morgan fingerprint density at radius 2 is 1.69 bits per heavy atom. The predicted octanol–water partition coefficient (Wildman–Crippen LogP) is 3.80. The van der Waals surface area contributed by atoms with Crippen LogP contribution in [0, 0.1) is 0 Å². The van der Waals surface area contributed by atoms with E-state index in [4.69, 9.17) is 11.6 Å². The van der Waals surface area contributed by atoms with Gasteiger partial charge in [0.25, 0.3) is 11.8 Å². The highest BCUT2D eigenvalue weighted by atomic mass is 35.5. The van der Waals surface area contributed by atoms with E-state index < -0.39 is 10.0 Å². The molecule has 1 N–H and O–H groups in total. The molecule has 7 nitrogen and oxygen atoms in total. The Kier molecular flexibility index (Phi) is 6.61. The maximum Gasteiger partial charge on any atom is 0.265 e. The molecule has 3 aromatic rings. The number of rotatable bonds is 5. The van der Waals surface area contributed by atoms with Crippen LogP contribution >= 0.6 is 22.9 Å².